The highest BCUT2D eigenvalue weighted by Gasteiger charge is 2.11. The maximum absolute atomic E-state index is 13.2. The Kier molecular flexibility index (Phi) is 3.35. The quantitative estimate of drug-likeness (QED) is 0.749. The van der Waals surface area contributed by atoms with Crippen molar-refractivity contribution in [1.29, 1.82) is 0 Å². The predicted octanol–water partition coefficient (Wildman–Crippen LogP) is 2.42. The minimum Gasteiger partial charge on any atom is -0.396 e. The molecule has 0 atom stereocenters. The lowest BCUT2D eigenvalue weighted by molar-refractivity contribution is 0.632. The number of benzene rings is 2. The summed E-state index contributed by atoms with van der Waals surface area (Å²) in [5, 5.41) is 11.7. The van der Waals surface area contributed by atoms with E-state index in [1.807, 2.05) is 31.2 Å². The molecule has 0 saturated carbocycles. The number of aromatic nitrogens is 4. The number of anilines is 1. The van der Waals surface area contributed by atoms with Crippen LogP contribution in [-0.4, -0.2) is 20.2 Å². The van der Waals surface area contributed by atoms with Crippen LogP contribution in [0, 0.1) is 12.7 Å². The van der Waals surface area contributed by atoms with Gasteiger partial charge in [-0.15, -0.1) is 5.10 Å². The molecule has 1 aromatic heterocycles. The van der Waals surface area contributed by atoms with E-state index in [0.717, 1.165) is 5.56 Å². The maximum atomic E-state index is 13.2. The zero-order chi connectivity index (χ0) is 14.8. The van der Waals surface area contributed by atoms with Gasteiger partial charge in [-0.2, -0.15) is 0 Å². The zero-order valence-electron chi connectivity index (χ0n) is 11.5. The minimum absolute atomic E-state index is 0.0809. The van der Waals surface area contributed by atoms with Gasteiger partial charge < -0.3 is 5.73 Å². The maximum Gasteiger partial charge on any atom is 0.182 e. The number of halogens is 1. The van der Waals surface area contributed by atoms with Gasteiger partial charge in [0, 0.05) is 5.56 Å². The van der Waals surface area contributed by atoms with Gasteiger partial charge in [0.25, 0.3) is 0 Å². The second-order valence-electron chi connectivity index (χ2n) is 4.88. The summed E-state index contributed by atoms with van der Waals surface area (Å²) in [5.74, 6) is 0.110. The van der Waals surface area contributed by atoms with E-state index >= 15 is 0 Å². The molecule has 0 bridgehead atoms. The van der Waals surface area contributed by atoms with Crippen LogP contribution >= 0.6 is 0 Å². The fourth-order valence-corrected chi connectivity index (χ4v) is 2.07. The molecule has 1 heterocycles. The minimum atomic E-state index is -0.448. The molecule has 106 valence electrons. The first-order valence-corrected chi connectivity index (χ1v) is 6.50. The molecule has 2 N–H and O–H groups in total. The van der Waals surface area contributed by atoms with Crippen molar-refractivity contribution in [3.8, 4) is 11.4 Å². The molecule has 3 rings (SSSR count). The van der Waals surface area contributed by atoms with Gasteiger partial charge >= 0.3 is 0 Å². The Morgan fingerprint density at radius 2 is 1.90 bits per heavy atom. The van der Waals surface area contributed by atoms with Crippen LogP contribution in [0.4, 0.5) is 10.1 Å². The molecular weight excluding hydrogens is 269 g/mol. The Balaban J connectivity index is 1.93. The normalized spacial score (nSPS) is 10.8. The Morgan fingerprint density at radius 3 is 2.62 bits per heavy atom. The van der Waals surface area contributed by atoms with Crippen LogP contribution in [-0.2, 0) is 6.54 Å². The smallest absolute Gasteiger partial charge is 0.182 e. The van der Waals surface area contributed by atoms with E-state index in [9.17, 15) is 4.39 Å². The molecule has 0 saturated heterocycles. The highest BCUT2D eigenvalue weighted by molar-refractivity contribution is 5.61. The van der Waals surface area contributed by atoms with Crippen molar-refractivity contribution in [2.75, 3.05) is 5.73 Å². The molecule has 5 nitrogen and oxygen atoms in total. The second kappa shape index (κ2) is 5.32. The largest absolute Gasteiger partial charge is 0.396 e. The lowest BCUT2D eigenvalue weighted by Crippen LogP contribution is -2.05. The highest BCUT2D eigenvalue weighted by Crippen LogP contribution is 2.21. The number of nitrogens with two attached hydrogens (primary N) is 1. The first-order chi connectivity index (χ1) is 10.1. The van der Waals surface area contributed by atoms with Crippen molar-refractivity contribution < 1.29 is 4.39 Å². The molecule has 21 heavy (non-hydrogen) atoms. The van der Waals surface area contributed by atoms with Crippen molar-refractivity contribution in [3.63, 3.8) is 0 Å². The summed E-state index contributed by atoms with van der Waals surface area (Å²) in [4.78, 5) is 0. The van der Waals surface area contributed by atoms with Gasteiger partial charge in [0.2, 0.25) is 0 Å². The average Bonchev–Trinajstić information content (AvgIpc) is 2.92. The Morgan fingerprint density at radius 1 is 1.14 bits per heavy atom. The molecule has 0 aliphatic carbocycles. The number of hydrogen-bond donors (Lipinski definition) is 1. The molecule has 6 heteroatoms. The lowest BCUT2D eigenvalue weighted by atomic mass is 10.1. The molecule has 0 fully saturated rings. The van der Waals surface area contributed by atoms with Crippen LogP contribution in [0.25, 0.3) is 11.4 Å². The molecule has 3 aromatic rings. The third-order valence-electron chi connectivity index (χ3n) is 3.24. The van der Waals surface area contributed by atoms with E-state index in [2.05, 4.69) is 15.5 Å². The van der Waals surface area contributed by atoms with Crippen LogP contribution in [0.1, 0.15) is 11.1 Å². The van der Waals surface area contributed by atoms with Crippen molar-refractivity contribution in [2.45, 2.75) is 13.5 Å². The Bertz CT molecular complexity index is 764. The van der Waals surface area contributed by atoms with Crippen LogP contribution < -0.4 is 5.73 Å². The van der Waals surface area contributed by atoms with Crippen LogP contribution in [0.5, 0.6) is 0 Å². The van der Waals surface area contributed by atoms with Gasteiger partial charge in [0.05, 0.1) is 12.2 Å². The number of aryl methyl sites for hydroxylation is 1. The molecule has 0 spiro atoms. The monoisotopic (exact) mass is 283 g/mol. The molecule has 0 aliphatic rings. The van der Waals surface area contributed by atoms with Gasteiger partial charge in [-0.25, -0.2) is 9.07 Å². The first kappa shape index (κ1) is 13.2. The zero-order valence-corrected chi connectivity index (χ0v) is 11.5. The van der Waals surface area contributed by atoms with E-state index in [-0.39, 0.29) is 5.69 Å². The summed E-state index contributed by atoms with van der Waals surface area (Å²) in [5.41, 5.74) is 8.64. The van der Waals surface area contributed by atoms with Crippen molar-refractivity contribution in [1.82, 2.24) is 20.2 Å². The van der Waals surface area contributed by atoms with Crippen LogP contribution in [0.2, 0.25) is 0 Å². The molecule has 0 amide bonds. The van der Waals surface area contributed by atoms with Crippen molar-refractivity contribution >= 4 is 5.69 Å². The fraction of sp³-hybridized carbons (Fsp3) is 0.133. The third-order valence-corrected chi connectivity index (χ3v) is 3.24. The van der Waals surface area contributed by atoms with Gasteiger partial charge in [-0.3, -0.25) is 0 Å². The molecular formula is C15H14FN5. The van der Waals surface area contributed by atoms with Crippen LogP contribution in [0.15, 0.2) is 42.5 Å². The van der Waals surface area contributed by atoms with E-state index in [4.69, 9.17) is 5.73 Å². The fourth-order valence-electron chi connectivity index (χ4n) is 2.07. The van der Waals surface area contributed by atoms with Crippen LogP contribution in [0.3, 0.4) is 0 Å². The van der Waals surface area contributed by atoms with E-state index in [1.54, 1.807) is 10.7 Å². The topological polar surface area (TPSA) is 69.6 Å². The Hall–Kier alpha value is -2.76. The summed E-state index contributed by atoms with van der Waals surface area (Å²) in [6, 6.07) is 12.6. The summed E-state index contributed by atoms with van der Waals surface area (Å²) < 4.78 is 14.9. The first-order valence-electron chi connectivity index (χ1n) is 6.50. The van der Waals surface area contributed by atoms with Gasteiger partial charge in [-0.1, -0.05) is 29.8 Å². The molecule has 0 unspecified atom stereocenters. The highest BCUT2D eigenvalue weighted by atomic mass is 19.1. The molecule has 0 aliphatic heterocycles. The SMILES string of the molecule is Cc1ccc(Cn2nnnc2-c2ccc(F)c(N)c2)cc1. The summed E-state index contributed by atoms with van der Waals surface area (Å²) >= 11 is 0. The van der Waals surface area contributed by atoms with Crippen molar-refractivity contribution in [3.05, 3.63) is 59.4 Å². The van der Waals surface area contributed by atoms with E-state index in [1.165, 1.54) is 17.7 Å². The number of nitrogens with zero attached hydrogens (tertiary/aromatic N) is 4. The van der Waals surface area contributed by atoms with Gasteiger partial charge in [0.1, 0.15) is 5.82 Å². The average molecular weight is 283 g/mol. The Labute approximate surface area is 121 Å². The van der Waals surface area contributed by atoms with Gasteiger partial charge in [-0.05, 0) is 41.1 Å². The molecule has 0 radical (unpaired) electrons. The number of nitrogen functional groups attached to an aromatic ring is 1. The summed E-state index contributed by atoms with van der Waals surface area (Å²) in [7, 11) is 0. The summed E-state index contributed by atoms with van der Waals surface area (Å²) in [6.45, 7) is 2.58. The van der Waals surface area contributed by atoms with Crippen molar-refractivity contribution in [2.24, 2.45) is 0 Å². The predicted molar refractivity (Wildman–Crippen MR) is 77.9 cm³/mol. The van der Waals surface area contributed by atoms with E-state index < -0.39 is 5.82 Å². The lowest BCUT2D eigenvalue weighted by Gasteiger charge is -2.06. The number of hydrogen-bond acceptors (Lipinski definition) is 4. The third kappa shape index (κ3) is 2.74. The number of rotatable bonds is 3. The molecule has 2 aromatic carbocycles. The second-order valence-corrected chi connectivity index (χ2v) is 4.88. The number of tetrazole rings is 1. The van der Waals surface area contributed by atoms with Gasteiger partial charge in [0.15, 0.2) is 5.82 Å². The summed E-state index contributed by atoms with van der Waals surface area (Å²) in [6.07, 6.45) is 0. The standard InChI is InChI=1S/C15H14FN5/c1-10-2-4-11(5-3-10)9-21-15(18-19-20-21)12-6-7-13(16)14(17)8-12/h2-8H,9,17H2,1H3. The van der Waals surface area contributed by atoms with E-state index in [0.29, 0.717) is 17.9 Å².